The van der Waals surface area contributed by atoms with Crippen molar-refractivity contribution >= 4 is 0 Å². The summed E-state index contributed by atoms with van der Waals surface area (Å²) in [7, 11) is 0. The van der Waals surface area contributed by atoms with Crippen molar-refractivity contribution in [2.75, 3.05) is 6.61 Å². The first-order valence-corrected chi connectivity index (χ1v) is 4.86. The van der Waals surface area contributed by atoms with Gasteiger partial charge in [0.15, 0.2) is 0 Å². The van der Waals surface area contributed by atoms with Crippen molar-refractivity contribution < 1.29 is 4.74 Å². The summed E-state index contributed by atoms with van der Waals surface area (Å²) >= 11 is 0. The molecule has 1 aromatic rings. The molecule has 0 amide bonds. The smallest absolute Gasteiger partial charge is 0.254 e. The van der Waals surface area contributed by atoms with Crippen LogP contribution in [0, 0.1) is 5.92 Å². The Hall–Kier alpha value is -1.32. The zero-order valence-corrected chi connectivity index (χ0v) is 8.62. The molecule has 0 fully saturated rings. The monoisotopic (exact) mass is 196 g/mol. The molecule has 0 bridgehead atoms. The van der Waals surface area contributed by atoms with Crippen LogP contribution in [-0.4, -0.2) is 16.6 Å². The predicted octanol–water partition coefficient (Wildman–Crippen LogP) is 1.58. The van der Waals surface area contributed by atoms with Crippen LogP contribution in [0.5, 0.6) is 5.88 Å². The largest absolute Gasteiger partial charge is 0.477 e. The third kappa shape index (κ3) is 4.07. The molecule has 1 heterocycles. The molecule has 0 saturated heterocycles. The quantitative estimate of drug-likeness (QED) is 0.727. The molecule has 1 N–H and O–H groups in total. The van der Waals surface area contributed by atoms with Crippen LogP contribution in [0.3, 0.4) is 0 Å². The maximum Gasteiger partial charge on any atom is 0.254 e. The van der Waals surface area contributed by atoms with Crippen molar-refractivity contribution in [2.24, 2.45) is 5.92 Å². The Bertz CT molecular complexity index is 320. The van der Waals surface area contributed by atoms with Gasteiger partial charge < -0.3 is 9.72 Å². The van der Waals surface area contributed by atoms with Crippen LogP contribution >= 0.6 is 0 Å². The lowest BCUT2D eigenvalue weighted by Crippen LogP contribution is -2.07. The lowest BCUT2D eigenvalue weighted by Gasteiger charge is -2.05. The second kappa shape index (κ2) is 5.42. The summed E-state index contributed by atoms with van der Waals surface area (Å²) in [6, 6.07) is 1.36. The zero-order chi connectivity index (χ0) is 10.4. The fourth-order valence-corrected chi connectivity index (χ4v) is 1.10. The minimum absolute atomic E-state index is 0.182. The number of aromatic amines is 1. The molecule has 1 rings (SSSR count). The molecule has 78 valence electrons. The molecule has 0 aliphatic rings. The summed E-state index contributed by atoms with van der Waals surface area (Å²) in [5.74, 6) is 1.09. The number of H-pyrrole nitrogens is 1. The van der Waals surface area contributed by atoms with E-state index in [1.165, 1.54) is 12.4 Å². The van der Waals surface area contributed by atoms with Crippen molar-refractivity contribution in [1.82, 2.24) is 9.97 Å². The van der Waals surface area contributed by atoms with Crippen molar-refractivity contribution in [3.05, 3.63) is 22.7 Å². The second-order valence-corrected chi connectivity index (χ2v) is 3.63. The molecule has 4 heteroatoms. The highest BCUT2D eigenvalue weighted by molar-refractivity contribution is 5.04. The number of hydrogen-bond acceptors (Lipinski definition) is 3. The van der Waals surface area contributed by atoms with E-state index >= 15 is 0 Å². The molecule has 0 saturated carbocycles. The van der Waals surface area contributed by atoms with E-state index < -0.39 is 0 Å². The molecule has 0 aromatic carbocycles. The summed E-state index contributed by atoms with van der Waals surface area (Å²) < 4.78 is 5.31. The SMILES string of the molecule is CC(C)CCCOc1cc(=O)[nH]cn1. The van der Waals surface area contributed by atoms with Gasteiger partial charge in [0, 0.05) is 0 Å². The molecule has 0 aliphatic carbocycles. The number of nitrogens with one attached hydrogen (secondary N) is 1. The normalized spacial score (nSPS) is 10.5. The average molecular weight is 196 g/mol. The van der Waals surface area contributed by atoms with E-state index in [2.05, 4.69) is 23.8 Å². The molecule has 0 unspecified atom stereocenters. The molecule has 14 heavy (non-hydrogen) atoms. The van der Waals surface area contributed by atoms with Crippen LogP contribution < -0.4 is 10.3 Å². The first-order chi connectivity index (χ1) is 6.68. The molecule has 4 nitrogen and oxygen atoms in total. The van der Waals surface area contributed by atoms with Crippen molar-refractivity contribution in [2.45, 2.75) is 26.7 Å². The van der Waals surface area contributed by atoms with Gasteiger partial charge in [-0.3, -0.25) is 4.79 Å². The first-order valence-electron chi connectivity index (χ1n) is 4.86. The van der Waals surface area contributed by atoms with Gasteiger partial charge in [0.25, 0.3) is 5.56 Å². The molecule has 0 atom stereocenters. The third-order valence-electron chi connectivity index (χ3n) is 1.83. The van der Waals surface area contributed by atoms with Gasteiger partial charge in [-0.25, -0.2) is 4.98 Å². The number of rotatable bonds is 5. The van der Waals surface area contributed by atoms with Crippen LogP contribution in [-0.2, 0) is 0 Å². The summed E-state index contributed by atoms with van der Waals surface area (Å²) in [5, 5.41) is 0. The van der Waals surface area contributed by atoms with Gasteiger partial charge in [0.05, 0.1) is 19.0 Å². The van der Waals surface area contributed by atoms with Gasteiger partial charge in [0.2, 0.25) is 5.88 Å². The van der Waals surface area contributed by atoms with Crippen molar-refractivity contribution in [3.8, 4) is 5.88 Å². The van der Waals surface area contributed by atoms with Crippen LogP contribution in [0.25, 0.3) is 0 Å². The maximum absolute atomic E-state index is 10.9. The number of nitrogens with zero attached hydrogens (tertiary/aromatic N) is 1. The number of aromatic nitrogens is 2. The highest BCUT2D eigenvalue weighted by Crippen LogP contribution is 2.05. The van der Waals surface area contributed by atoms with Gasteiger partial charge >= 0.3 is 0 Å². The van der Waals surface area contributed by atoms with Crippen molar-refractivity contribution in [1.29, 1.82) is 0 Å². The van der Waals surface area contributed by atoms with Gasteiger partial charge in [0.1, 0.15) is 0 Å². The Labute approximate surface area is 83.3 Å². The van der Waals surface area contributed by atoms with E-state index in [9.17, 15) is 4.79 Å². The van der Waals surface area contributed by atoms with Crippen LogP contribution in [0.2, 0.25) is 0 Å². The van der Waals surface area contributed by atoms with E-state index in [0.717, 1.165) is 12.8 Å². The van der Waals surface area contributed by atoms with E-state index in [1.807, 2.05) is 0 Å². The van der Waals surface area contributed by atoms with Gasteiger partial charge in [-0.05, 0) is 18.8 Å². The first kappa shape index (κ1) is 10.8. The van der Waals surface area contributed by atoms with E-state index in [4.69, 9.17) is 4.74 Å². The van der Waals surface area contributed by atoms with Crippen LogP contribution in [0.1, 0.15) is 26.7 Å². The number of hydrogen-bond donors (Lipinski definition) is 1. The lowest BCUT2D eigenvalue weighted by molar-refractivity contribution is 0.286. The fourth-order valence-electron chi connectivity index (χ4n) is 1.10. The molecular formula is C10H16N2O2. The Morgan fingerprint density at radius 3 is 3.00 bits per heavy atom. The molecule has 1 aromatic heterocycles. The fraction of sp³-hybridized carbons (Fsp3) is 0.600. The molecule has 0 radical (unpaired) electrons. The van der Waals surface area contributed by atoms with Gasteiger partial charge in [-0.15, -0.1) is 0 Å². The Kier molecular flexibility index (Phi) is 4.16. The zero-order valence-electron chi connectivity index (χ0n) is 8.62. The Morgan fingerprint density at radius 2 is 2.36 bits per heavy atom. The minimum Gasteiger partial charge on any atom is -0.477 e. The Balaban J connectivity index is 2.28. The lowest BCUT2D eigenvalue weighted by atomic mass is 10.1. The summed E-state index contributed by atoms with van der Waals surface area (Å²) in [6.07, 6.45) is 3.47. The van der Waals surface area contributed by atoms with E-state index in [1.54, 1.807) is 0 Å². The van der Waals surface area contributed by atoms with Crippen molar-refractivity contribution in [3.63, 3.8) is 0 Å². The maximum atomic E-state index is 10.9. The minimum atomic E-state index is -0.182. The summed E-state index contributed by atoms with van der Waals surface area (Å²) in [4.78, 5) is 17.2. The van der Waals surface area contributed by atoms with Gasteiger partial charge in [-0.1, -0.05) is 13.8 Å². The average Bonchev–Trinajstić information content (AvgIpc) is 2.12. The van der Waals surface area contributed by atoms with E-state index in [0.29, 0.717) is 18.4 Å². The third-order valence-corrected chi connectivity index (χ3v) is 1.83. The predicted molar refractivity (Wildman–Crippen MR) is 54.4 cm³/mol. The number of ether oxygens (including phenoxy) is 1. The summed E-state index contributed by atoms with van der Waals surface area (Å²) in [5.41, 5.74) is -0.182. The molecule has 0 spiro atoms. The highest BCUT2D eigenvalue weighted by Gasteiger charge is 1.97. The molecule has 0 aliphatic heterocycles. The second-order valence-electron chi connectivity index (χ2n) is 3.63. The van der Waals surface area contributed by atoms with Gasteiger partial charge in [-0.2, -0.15) is 0 Å². The topological polar surface area (TPSA) is 55.0 Å². The van der Waals surface area contributed by atoms with E-state index in [-0.39, 0.29) is 5.56 Å². The highest BCUT2D eigenvalue weighted by atomic mass is 16.5. The Morgan fingerprint density at radius 1 is 1.57 bits per heavy atom. The van der Waals surface area contributed by atoms with Crippen LogP contribution in [0.15, 0.2) is 17.2 Å². The standard InChI is InChI=1S/C10H16N2O2/c1-8(2)4-3-5-14-10-6-9(13)11-7-12-10/h6-8H,3-5H2,1-2H3,(H,11,12,13). The summed E-state index contributed by atoms with van der Waals surface area (Å²) in [6.45, 7) is 4.96. The van der Waals surface area contributed by atoms with Crippen LogP contribution in [0.4, 0.5) is 0 Å². The molecular weight excluding hydrogens is 180 g/mol.